The lowest BCUT2D eigenvalue weighted by Crippen LogP contribution is -2.24. The molecule has 0 fully saturated rings. The number of hydrogen-bond acceptors (Lipinski definition) is 3. The monoisotopic (exact) mass is 207 g/mol. The fraction of sp³-hybridized carbons (Fsp3) is 0.200. The van der Waals surface area contributed by atoms with E-state index in [4.69, 9.17) is 11.5 Å². The molecule has 0 aromatic heterocycles. The molecule has 0 atom stereocenters. The largest absolute Gasteiger partial charge is 0.377 e. The fourth-order valence-electron chi connectivity index (χ4n) is 1.38. The van der Waals surface area contributed by atoms with Gasteiger partial charge in [0, 0.05) is 19.8 Å². The second-order valence-electron chi connectivity index (χ2n) is 3.32. The van der Waals surface area contributed by atoms with Crippen LogP contribution in [0.1, 0.15) is 20.7 Å². The molecule has 0 heterocycles. The molecule has 80 valence electrons. The van der Waals surface area contributed by atoms with Gasteiger partial charge in [-0.2, -0.15) is 0 Å². The zero-order valence-corrected chi connectivity index (χ0v) is 8.65. The molecule has 4 N–H and O–H groups in total. The smallest absolute Gasteiger partial charge is 0.251 e. The van der Waals surface area contributed by atoms with Gasteiger partial charge in [-0.3, -0.25) is 9.59 Å². The minimum absolute atomic E-state index is 0.147. The van der Waals surface area contributed by atoms with Gasteiger partial charge in [-0.1, -0.05) is 6.07 Å². The van der Waals surface area contributed by atoms with Gasteiger partial charge in [0.1, 0.15) is 0 Å². The normalized spacial score (nSPS) is 9.73. The highest BCUT2D eigenvalue weighted by Crippen LogP contribution is 2.21. The number of anilines is 1. The van der Waals surface area contributed by atoms with Crippen molar-refractivity contribution in [1.29, 1.82) is 0 Å². The molecule has 0 radical (unpaired) electrons. The summed E-state index contributed by atoms with van der Waals surface area (Å²) in [5.74, 6) is -1.32. The zero-order valence-electron chi connectivity index (χ0n) is 8.65. The Kier molecular flexibility index (Phi) is 2.94. The van der Waals surface area contributed by atoms with E-state index in [2.05, 4.69) is 0 Å². The molecule has 5 heteroatoms. The Morgan fingerprint density at radius 2 is 1.73 bits per heavy atom. The molecule has 1 aromatic rings. The Bertz CT molecular complexity index is 413. The van der Waals surface area contributed by atoms with Crippen LogP contribution in [0.3, 0.4) is 0 Å². The van der Waals surface area contributed by atoms with Crippen LogP contribution < -0.4 is 16.4 Å². The molecule has 0 aliphatic rings. The summed E-state index contributed by atoms with van der Waals surface area (Å²) in [6.45, 7) is 0. The zero-order chi connectivity index (χ0) is 11.6. The molecular formula is C10H13N3O2. The van der Waals surface area contributed by atoms with Crippen LogP contribution in [0.2, 0.25) is 0 Å². The molecule has 0 aliphatic carbocycles. The van der Waals surface area contributed by atoms with Gasteiger partial charge in [-0.05, 0) is 12.1 Å². The van der Waals surface area contributed by atoms with Crippen LogP contribution in [0.5, 0.6) is 0 Å². The first-order chi connectivity index (χ1) is 6.95. The molecule has 0 saturated heterocycles. The quantitative estimate of drug-likeness (QED) is 0.728. The molecule has 0 bridgehead atoms. The third-order valence-electron chi connectivity index (χ3n) is 2.04. The Morgan fingerprint density at radius 3 is 2.13 bits per heavy atom. The molecule has 0 saturated carbocycles. The van der Waals surface area contributed by atoms with Crippen LogP contribution >= 0.6 is 0 Å². The Labute approximate surface area is 87.7 Å². The number of carbonyl (C=O) groups is 2. The SMILES string of the molecule is CN(C)c1cccc(C(N)=O)c1C(N)=O. The molecule has 1 rings (SSSR count). The van der Waals surface area contributed by atoms with Gasteiger partial charge in [0.15, 0.2) is 0 Å². The van der Waals surface area contributed by atoms with E-state index in [1.54, 1.807) is 31.1 Å². The molecule has 0 aliphatic heterocycles. The van der Waals surface area contributed by atoms with Gasteiger partial charge in [-0.25, -0.2) is 0 Å². The van der Waals surface area contributed by atoms with Crippen LogP contribution in [0.25, 0.3) is 0 Å². The maximum atomic E-state index is 11.2. The van der Waals surface area contributed by atoms with Crippen LogP contribution in [0.4, 0.5) is 5.69 Å². The number of nitrogens with zero attached hydrogens (tertiary/aromatic N) is 1. The predicted molar refractivity (Wildman–Crippen MR) is 57.8 cm³/mol. The van der Waals surface area contributed by atoms with Crippen molar-refractivity contribution >= 4 is 17.5 Å². The van der Waals surface area contributed by atoms with Crippen molar-refractivity contribution in [3.8, 4) is 0 Å². The molecule has 5 nitrogen and oxygen atoms in total. The van der Waals surface area contributed by atoms with Gasteiger partial charge in [0.2, 0.25) is 5.91 Å². The molecular weight excluding hydrogens is 194 g/mol. The Balaban J connectivity index is 3.48. The number of amides is 2. The second-order valence-corrected chi connectivity index (χ2v) is 3.32. The number of primary amides is 2. The minimum atomic E-state index is -0.660. The number of nitrogens with two attached hydrogens (primary N) is 2. The highest BCUT2D eigenvalue weighted by atomic mass is 16.2. The number of carbonyl (C=O) groups excluding carboxylic acids is 2. The topological polar surface area (TPSA) is 89.4 Å². The summed E-state index contributed by atoms with van der Waals surface area (Å²) in [7, 11) is 3.51. The van der Waals surface area contributed by atoms with Crippen LogP contribution in [0.15, 0.2) is 18.2 Å². The number of benzene rings is 1. The average Bonchev–Trinajstić information content (AvgIpc) is 2.16. The van der Waals surface area contributed by atoms with Gasteiger partial charge in [-0.15, -0.1) is 0 Å². The average molecular weight is 207 g/mol. The van der Waals surface area contributed by atoms with Crippen molar-refractivity contribution in [1.82, 2.24) is 0 Å². The maximum Gasteiger partial charge on any atom is 0.251 e. The van der Waals surface area contributed by atoms with Crippen molar-refractivity contribution in [2.75, 3.05) is 19.0 Å². The third kappa shape index (κ3) is 2.07. The summed E-state index contributed by atoms with van der Waals surface area (Å²) in [6, 6.07) is 4.84. The summed E-state index contributed by atoms with van der Waals surface area (Å²) in [5, 5.41) is 0. The van der Waals surface area contributed by atoms with E-state index in [1.807, 2.05) is 0 Å². The standard InChI is InChI=1S/C10H13N3O2/c1-13(2)7-5-3-4-6(9(11)14)8(7)10(12)15/h3-5H,1-2H3,(H2,11,14)(H2,12,15). The Morgan fingerprint density at radius 1 is 1.13 bits per heavy atom. The molecule has 15 heavy (non-hydrogen) atoms. The summed E-state index contributed by atoms with van der Waals surface area (Å²) in [6.07, 6.45) is 0. The lowest BCUT2D eigenvalue weighted by Gasteiger charge is -2.17. The summed E-state index contributed by atoms with van der Waals surface area (Å²) in [5.41, 5.74) is 11.3. The van der Waals surface area contributed by atoms with E-state index in [0.717, 1.165) is 0 Å². The van der Waals surface area contributed by atoms with Crippen molar-refractivity contribution in [3.05, 3.63) is 29.3 Å². The van der Waals surface area contributed by atoms with E-state index < -0.39 is 11.8 Å². The van der Waals surface area contributed by atoms with E-state index in [9.17, 15) is 9.59 Å². The first-order valence-electron chi connectivity index (χ1n) is 4.35. The first kappa shape index (κ1) is 11.0. The lowest BCUT2D eigenvalue weighted by atomic mass is 10.0. The highest BCUT2D eigenvalue weighted by molar-refractivity contribution is 6.09. The van der Waals surface area contributed by atoms with Gasteiger partial charge >= 0.3 is 0 Å². The van der Waals surface area contributed by atoms with Crippen LogP contribution in [0, 0.1) is 0 Å². The molecule has 1 aromatic carbocycles. The van der Waals surface area contributed by atoms with Gasteiger partial charge in [0.05, 0.1) is 11.1 Å². The van der Waals surface area contributed by atoms with Crippen molar-refractivity contribution < 1.29 is 9.59 Å². The second kappa shape index (κ2) is 4.00. The molecule has 2 amide bonds. The third-order valence-corrected chi connectivity index (χ3v) is 2.04. The van der Waals surface area contributed by atoms with Crippen molar-refractivity contribution in [3.63, 3.8) is 0 Å². The van der Waals surface area contributed by atoms with E-state index in [0.29, 0.717) is 5.69 Å². The predicted octanol–water partition coefficient (Wildman–Crippen LogP) is -0.0496. The van der Waals surface area contributed by atoms with Crippen molar-refractivity contribution in [2.24, 2.45) is 11.5 Å². The van der Waals surface area contributed by atoms with E-state index in [-0.39, 0.29) is 11.1 Å². The molecule has 0 spiro atoms. The molecule has 0 unspecified atom stereocenters. The van der Waals surface area contributed by atoms with Crippen LogP contribution in [-0.4, -0.2) is 25.9 Å². The summed E-state index contributed by atoms with van der Waals surface area (Å²) < 4.78 is 0. The lowest BCUT2D eigenvalue weighted by molar-refractivity contribution is 0.0967. The number of hydrogen-bond donors (Lipinski definition) is 2. The van der Waals surface area contributed by atoms with Gasteiger partial charge < -0.3 is 16.4 Å². The van der Waals surface area contributed by atoms with E-state index in [1.165, 1.54) is 6.07 Å². The maximum absolute atomic E-state index is 11.2. The van der Waals surface area contributed by atoms with Crippen molar-refractivity contribution in [2.45, 2.75) is 0 Å². The highest BCUT2D eigenvalue weighted by Gasteiger charge is 2.17. The summed E-state index contributed by atoms with van der Waals surface area (Å²) >= 11 is 0. The Hall–Kier alpha value is -2.04. The van der Waals surface area contributed by atoms with Gasteiger partial charge in [0.25, 0.3) is 5.91 Å². The fourth-order valence-corrected chi connectivity index (χ4v) is 1.38. The number of rotatable bonds is 3. The first-order valence-corrected chi connectivity index (χ1v) is 4.35. The summed E-state index contributed by atoms with van der Waals surface area (Å²) in [4.78, 5) is 24.0. The minimum Gasteiger partial charge on any atom is -0.377 e. The van der Waals surface area contributed by atoms with E-state index >= 15 is 0 Å². The van der Waals surface area contributed by atoms with Crippen LogP contribution in [-0.2, 0) is 0 Å².